The van der Waals surface area contributed by atoms with E-state index < -0.39 is 0 Å². The molecular weight excluding hydrogens is 346 g/mol. The molecule has 7 heteroatoms. The van der Waals surface area contributed by atoms with Crippen molar-refractivity contribution < 1.29 is 4.79 Å². The number of carbonyl (C=O) groups is 1. The monoisotopic (exact) mass is 367 g/mol. The Morgan fingerprint density at radius 3 is 2.54 bits per heavy atom. The average molecular weight is 367 g/mol. The molecule has 0 unspecified atom stereocenters. The first-order chi connectivity index (χ1) is 12.6. The van der Waals surface area contributed by atoms with E-state index in [4.69, 9.17) is 0 Å². The summed E-state index contributed by atoms with van der Waals surface area (Å²) in [6, 6.07) is 14.1. The van der Waals surface area contributed by atoms with Crippen LogP contribution in [0.4, 0.5) is 11.5 Å². The predicted octanol–water partition coefficient (Wildman–Crippen LogP) is 3.82. The van der Waals surface area contributed by atoms with Gasteiger partial charge < -0.3 is 10.6 Å². The lowest BCUT2D eigenvalue weighted by Crippen LogP contribution is -2.24. The highest BCUT2D eigenvalue weighted by molar-refractivity contribution is 7.98. The molecule has 0 radical (unpaired) electrons. The van der Waals surface area contributed by atoms with Crippen LogP contribution in [0, 0.1) is 13.8 Å². The number of anilines is 2. The van der Waals surface area contributed by atoms with Gasteiger partial charge in [0.05, 0.1) is 0 Å². The van der Waals surface area contributed by atoms with Crippen molar-refractivity contribution in [3.05, 3.63) is 64.8 Å². The predicted molar refractivity (Wildman–Crippen MR) is 105 cm³/mol. The van der Waals surface area contributed by atoms with E-state index in [0.717, 1.165) is 16.8 Å². The number of hydrogen-bond donors (Lipinski definition) is 3. The molecule has 0 spiro atoms. The first-order valence-corrected chi connectivity index (χ1v) is 9.45. The average Bonchev–Trinajstić information content (AvgIpc) is 3.11. The summed E-state index contributed by atoms with van der Waals surface area (Å²) >= 11 is 1.69. The smallest absolute Gasteiger partial charge is 0.275 e. The van der Waals surface area contributed by atoms with Gasteiger partial charge in [0.2, 0.25) is 0 Å². The number of hydrogen-bond acceptors (Lipinski definition) is 5. The molecule has 0 bridgehead atoms. The van der Waals surface area contributed by atoms with Crippen molar-refractivity contribution in [3.8, 4) is 0 Å². The van der Waals surface area contributed by atoms with Gasteiger partial charge in [-0.3, -0.25) is 4.79 Å². The molecule has 3 aromatic rings. The van der Waals surface area contributed by atoms with E-state index in [-0.39, 0.29) is 11.6 Å². The maximum atomic E-state index is 12.5. The number of H-pyrrole nitrogens is 1. The summed E-state index contributed by atoms with van der Waals surface area (Å²) in [5, 5.41) is 16.6. The third-order valence-electron chi connectivity index (χ3n) is 4.14. The number of amides is 1. The normalized spacial score (nSPS) is 10.6. The van der Waals surface area contributed by atoms with Crippen LogP contribution in [0.15, 0.2) is 47.4 Å². The minimum Gasteiger partial charge on any atom is -0.346 e. The van der Waals surface area contributed by atoms with Gasteiger partial charge in [0.25, 0.3) is 5.91 Å². The van der Waals surface area contributed by atoms with Crippen molar-refractivity contribution in [2.45, 2.75) is 25.3 Å². The van der Waals surface area contributed by atoms with E-state index in [9.17, 15) is 4.79 Å². The van der Waals surface area contributed by atoms with Crippen LogP contribution in [0.3, 0.4) is 0 Å². The van der Waals surface area contributed by atoms with Crippen LogP contribution in [-0.4, -0.2) is 27.6 Å². The zero-order chi connectivity index (χ0) is 18.5. The molecule has 1 heterocycles. The second-order valence-electron chi connectivity index (χ2n) is 5.98. The SMILES string of the molecule is CSc1ccc(CNC(=O)c2n[nH]nc2Nc2ccc(C)c(C)c2)cc1. The number of benzene rings is 2. The summed E-state index contributed by atoms with van der Waals surface area (Å²) in [5.41, 5.74) is 4.51. The van der Waals surface area contributed by atoms with Crippen molar-refractivity contribution in [3.63, 3.8) is 0 Å². The lowest BCUT2D eigenvalue weighted by atomic mass is 10.1. The molecule has 3 rings (SSSR count). The van der Waals surface area contributed by atoms with E-state index in [1.165, 1.54) is 10.5 Å². The standard InChI is InChI=1S/C19H21N5OS/c1-12-4-7-15(10-13(12)2)21-18-17(22-24-23-18)19(25)20-11-14-5-8-16(26-3)9-6-14/h4-10H,11H2,1-3H3,(H,20,25)(H2,21,22,23,24). The molecular formula is C19H21N5OS. The number of thioether (sulfide) groups is 1. The summed E-state index contributed by atoms with van der Waals surface area (Å²) in [5.74, 6) is 0.127. The second kappa shape index (κ2) is 8.05. The first kappa shape index (κ1) is 18.0. The number of aryl methyl sites for hydroxylation is 2. The van der Waals surface area contributed by atoms with Crippen molar-refractivity contribution in [2.24, 2.45) is 0 Å². The molecule has 1 amide bonds. The minimum atomic E-state index is -0.279. The van der Waals surface area contributed by atoms with E-state index >= 15 is 0 Å². The number of aromatic amines is 1. The van der Waals surface area contributed by atoms with Crippen molar-refractivity contribution in [2.75, 3.05) is 11.6 Å². The summed E-state index contributed by atoms with van der Waals surface area (Å²) in [6.45, 7) is 4.53. The molecule has 3 N–H and O–H groups in total. The Morgan fingerprint density at radius 2 is 1.85 bits per heavy atom. The molecule has 0 aliphatic heterocycles. The van der Waals surface area contributed by atoms with Crippen LogP contribution in [0.5, 0.6) is 0 Å². The summed E-state index contributed by atoms with van der Waals surface area (Å²) < 4.78 is 0. The summed E-state index contributed by atoms with van der Waals surface area (Å²) in [4.78, 5) is 13.6. The topological polar surface area (TPSA) is 82.7 Å². The van der Waals surface area contributed by atoms with Gasteiger partial charge in [-0.1, -0.05) is 18.2 Å². The van der Waals surface area contributed by atoms with Crippen LogP contribution < -0.4 is 10.6 Å². The Bertz CT molecular complexity index is 905. The fourth-order valence-corrected chi connectivity index (χ4v) is 2.85. The molecule has 0 saturated heterocycles. The van der Waals surface area contributed by atoms with E-state index in [2.05, 4.69) is 33.0 Å². The van der Waals surface area contributed by atoms with Gasteiger partial charge in [-0.05, 0) is 61.1 Å². The Morgan fingerprint density at radius 1 is 1.08 bits per heavy atom. The van der Waals surface area contributed by atoms with Crippen LogP contribution >= 0.6 is 11.8 Å². The third kappa shape index (κ3) is 4.23. The van der Waals surface area contributed by atoms with Crippen LogP contribution in [0.2, 0.25) is 0 Å². The second-order valence-corrected chi connectivity index (χ2v) is 6.86. The van der Waals surface area contributed by atoms with E-state index in [1.807, 2.05) is 55.6 Å². The molecule has 0 aliphatic carbocycles. The van der Waals surface area contributed by atoms with Crippen molar-refractivity contribution in [1.29, 1.82) is 0 Å². The molecule has 2 aromatic carbocycles. The molecule has 0 aliphatic rings. The summed E-state index contributed by atoms with van der Waals surface area (Å²) in [6.07, 6.45) is 2.03. The fourth-order valence-electron chi connectivity index (χ4n) is 2.44. The van der Waals surface area contributed by atoms with Crippen LogP contribution in [0.1, 0.15) is 27.2 Å². The Balaban J connectivity index is 1.66. The van der Waals surface area contributed by atoms with E-state index in [1.54, 1.807) is 11.8 Å². The number of nitrogens with zero attached hydrogens (tertiary/aromatic N) is 2. The third-order valence-corrected chi connectivity index (χ3v) is 4.89. The highest BCUT2D eigenvalue weighted by Crippen LogP contribution is 2.20. The zero-order valence-electron chi connectivity index (χ0n) is 15.0. The van der Waals surface area contributed by atoms with E-state index in [0.29, 0.717) is 12.4 Å². The Kier molecular flexibility index (Phi) is 5.58. The first-order valence-electron chi connectivity index (χ1n) is 8.23. The molecule has 6 nitrogen and oxygen atoms in total. The number of rotatable bonds is 6. The summed E-state index contributed by atoms with van der Waals surface area (Å²) in [7, 11) is 0. The molecule has 0 atom stereocenters. The molecule has 0 saturated carbocycles. The number of nitrogens with one attached hydrogen (secondary N) is 3. The van der Waals surface area contributed by atoms with Gasteiger partial charge in [0.15, 0.2) is 11.5 Å². The molecule has 0 fully saturated rings. The Hall–Kier alpha value is -2.80. The highest BCUT2D eigenvalue weighted by Gasteiger charge is 2.16. The number of carbonyl (C=O) groups excluding carboxylic acids is 1. The van der Waals surface area contributed by atoms with Crippen molar-refractivity contribution >= 4 is 29.2 Å². The molecule has 26 heavy (non-hydrogen) atoms. The maximum absolute atomic E-state index is 12.5. The van der Waals surface area contributed by atoms with Crippen LogP contribution in [-0.2, 0) is 6.54 Å². The van der Waals surface area contributed by atoms with Crippen LogP contribution in [0.25, 0.3) is 0 Å². The van der Waals surface area contributed by atoms with Gasteiger partial charge >= 0.3 is 0 Å². The minimum absolute atomic E-state index is 0.240. The van der Waals surface area contributed by atoms with Gasteiger partial charge in [-0.2, -0.15) is 5.21 Å². The largest absolute Gasteiger partial charge is 0.346 e. The lowest BCUT2D eigenvalue weighted by Gasteiger charge is -2.08. The zero-order valence-corrected chi connectivity index (χ0v) is 15.8. The maximum Gasteiger partial charge on any atom is 0.275 e. The van der Waals surface area contributed by atoms with Crippen molar-refractivity contribution in [1.82, 2.24) is 20.7 Å². The lowest BCUT2D eigenvalue weighted by molar-refractivity contribution is 0.0946. The fraction of sp³-hybridized carbons (Fsp3) is 0.211. The Labute approximate surface area is 156 Å². The van der Waals surface area contributed by atoms with Gasteiger partial charge in [-0.25, -0.2) is 0 Å². The number of aromatic nitrogens is 3. The molecule has 134 valence electrons. The van der Waals surface area contributed by atoms with Gasteiger partial charge in [-0.15, -0.1) is 22.0 Å². The van der Waals surface area contributed by atoms with Gasteiger partial charge in [0, 0.05) is 17.1 Å². The molecule has 1 aromatic heterocycles. The highest BCUT2D eigenvalue weighted by atomic mass is 32.2. The van der Waals surface area contributed by atoms with Gasteiger partial charge in [0.1, 0.15) is 0 Å². The quantitative estimate of drug-likeness (QED) is 0.577.